The lowest BCUT2D eigenvalue weighted by atomic mass is 10.3. The normalized spacial score (nSPS) is 11.1. The van der Waals surface area contributed by atoms with E-state index in [0.717, 1.165) is 6.07 Å². The van der Waals surface area contributed by atoms with E-state index in [1.807, 2.05) is 6.92 Å². The summed E-state index contributed by atoms with van der Waals surface area (Å²) in [5, 5.41) is 9.05. The molecule has 28 heavy (non-hydrogen) atoms. The number of hydrogen-bond donors (Lipinski definition) is 3. The molecule has 0 radical (unpaired) electrons. The fourth-order valence-electron chi connectivity index (χ4n) is 2.28. The summed E-state index contributed by atoms with van der Waals surface area (Å²) in [6.45, 7) is 2.37. The number of anilines is 2. The van der Waals surface area contributed by atoms with E-state index in [-0.39, 0.29) is 10.7 Å². The van der Waals surface area contributed by atoms with E-state index in [2.05, 4.69) is 20.2 Å². The van der Waals surface area contributed by atoms with Crippen LogP contribution in [-0.4, -0.2) is 31.1 Å². The molecule has 3 rings (SSSR count). The maximum Gasteiger partial charge on any atom is 0.278 e. The van der Waals surface area contributed by atoms with Crippen molar-refractivity contribution in [3.8, 4) is 5.75 Å². The lowest BCUT2D eigenvalue weighted by molar-refractivity contribution is 0.102. The molecule has 0 atom stereocenters. The minimum absolute atomic E-state index is 0.0676. The summed E-state index contributed by atoms with van der Waals surface area (Å²) in [5.74, 6) is 0.0780. The Morgan fingerprint density at radius 3 is 2.39 bits per heavy atom. The minimum Gasteiger partial charge on any atom is -0.494 e. The van der Waals surface area contributed by atoms with Gasteiger partial charge in [0.25, 0.3) is 15.9 Å². The van der Waals surface area contributed by atoms with Crippen LogP contribution < -0.4 is 14.8 Å². The third kappa shape index (κ3) is 4.81. The smallest absolute Gasteiger partial charge is 0.278 e. The number of aromatic nitrogens is 2. The number of halogens is 1. The zero-order chi connectivity index (χ0) is 20.1. The summed E-state index contributed by atoms with van der Waals surface area (Å²) < 4.78 is 32.7. The number of sulfonamides is 1. The first-order valence-electron chi connectivity index (χ1n) is 8.25. The van der Waals surface area contributed by atoms with Crippen molar-refractivity contribution in [3.05, 3.63) is 65.3 Å². The SMILES string of the molecule is CCOc1ccc(NS(=O)(=O)c2cc(C(=O)Nc3ccc(Cl)cc3)n[nH]2)cc1. The van der Waals surface area contributed by atoms with Crippen molar-refractivity contribution in [2.45, 2.75) is 11.9 Å². The zero-order valence-electron chi connectivity index (χ0n) is 14.8. The van der Waals surface area contributed by atoms with Crippen LogP contribution in [0.4, 0.5) is 11.4 Å². The highest BCUT2D eigenvalue weighted by atomic mass is 35.5. The van der Waals surface area contributed by atoms with E-state index in [1.54, 1.807) is 48.5 Å². The fraction of sp³-hybridized carbons (Fsp3) is 0.111. The highest BCUT2D eigenvalue weighted by Gasteiger charge is 2.20. The molecule has 10 heteroatoms. The van der Waals surface area contributed by atoms with Crippen LogP contribution in [0.1, 0.15) is 17.4 Å². The molecular weight excluding hydrogens is 404 g/mol. The van der Waals surface area contributed by atoms with E-state index in [1.165, 1.54) is 0 Å². The summed E-state index contributed by atoms with van der Waals surface area (Å²) in [5.41, 5.74) is 0.793. The molecular formula is C18H17ClN4O4S. The molecule has 0 saturated heterocycles. The second kappa shape index (κ2) is 8.32. The fourth-order valence-corrected chi connectivity index (χ4v) is 3.40. The molecule has 0 bridgehead atoms. The van der Waals surface area contributed by atoms with Crippen LogP contribution in [0.25, 0.3) is 0 Å². The molecule has 146 valence electrons. The quantitative estimate of drug-likeness (QED) is 0.541. The van der Waals surface area contributed by atoms with Gasteiger partial charge in [0.05, 0.1) is 6.61 Å². The molecule has 3 aromatic rings. The number of carbonyl (C=O) groups excluding carboxylic acids is 1. The van der Waals surface area contributed by atoms with Gasteiger partial charge in [-0.2, -0.15) is 13.5 Å². The zero-order valence-corrected chi connectivity index (χ0v) is 16.3. The minimum atomic E-state index is -3.94. The van der Waals surface area contributed by atoms with E-state index >= 15 is 0 Å². The van der Waals surface area contributed by atoms with E-state index < -0.39 is 15.9 Å². The average molecular weight is 421 g/mol. The van der Waals surface area contributed by atoms with Gasteiger partial charge >= 0.3 is 0 Å². The topological polar surface area (TPSA) is 113 Å². The van der Waals surface area contributed by atoms with Gasteiger partial charge in [-0.3, -0.25) is 14.6 Å². The average Bonchev–Trinajstić information content (AvgIpc) is 3.17. The molecule has 0 fully saturated rings. The summed E-state index contributed by atoms with van der Waals surface area (Å²) >= 11 is 5.80. The van der Waals surface area contributed by atoms with Crippen LogP contribution in [0, 0.1) is 0 Å². The number of nitrogens with zero attached hydrogens (tertiary/aromatic N) is 1. The maximum atomic E-state index is 12.5. The number of H-pyrrole nitrogens is 1. The monoisotopic (exact) mass is 420 g/mol. The van der Waals surface area contributed by atoms with Gasteiger partial charge in [-0.25, -0.2) is 0 Å². The number of carbonyl (C=O) groups is 1. The Morgan fingerprint density at radius 2 is 1.75 bits per heavy atom. The van der Waals surface area contributed by atoms with Crippen molar-refractivity contribution in [1.29, 1.82) is 0 Å². The van der Waals surface area contributed by atoms with Crippen molar-refractivity contribution in [2.24, 2.45) is 0 Å². The number of benzene rings is 2. The number of amides is 1. The van der Waals surface area contributed by atoms with Gasteiger partial charge in [-0.1, -0.05) is 11.6 Å². The van der Waals surface area contributed by atoms with Crippen molar-refractivity contribution >= 4 is 38.9 Å². The molecule has 0 saturated carbocycles. The molecule has 8 nitrogen and oxygen atoms in total. The molecule has 0 aliphatic heterocycles. The van der Waals surface area contributed by atoms with Crippen LogP contribution >= 0.6 is 11.6 Å². The van der Waals surface area contributed by atoms with Crippen LogP contribution in [0.15, 0.2) is 59.6 Å². The third-order valence-corrected chi connectivity index (χ3v) is 5.14. The van der Waals surface area contributed by atoms with Crippen molar-refractivity contribution in [2.75, 3.05) is 16.6 Å². The first kappa shape index (κ1) is 19.7. The van der Waals surface area contributed by atoms with Crippen molar-refractivity contribution in [1.82, 2.24) is 10.2 Å². The van der Waals surface area contributed by atoms with Gasteiger partial charge in [-0.05, 0) is 55.5 Å². The van der Waals surface area contributed by atoms with Gasteiger partial charge in [0.15, 0.2) is 10.7 Å². The Balaban J connectivity index is 1.70. The number of ether oxygens (including phenoxy) is 1. The Bertz CT molecular complexity index is 1060. The molecule has 0 aliphatic carbocycles. The number of hydrogen-bond acceptors (Lipinski definition) is 5. The van der Waals surface area contributed by atoms with Gasteiger partial charge in [0.2, 0.25) is 0 Å². The van der Waals surface area contributed by atoms with Gasteiger partial charge < -0.3 is 10.1 Å². The van der Waals surface area contributed by atoms with Crippen LogP contribution in [-0.2, 0) is 10.0 Å². The van der Waals surface area contributed by atoms with Gasteiger partial charge in [0.1, 0.15) is 5.75 Å². The predicted octanol–water partition coefficient (Wildman–Crippen LogP) is 3.51. The van der Waals surface area contributed by atoms with Crippen LogP contribution in [0.3, 0.4) is 0 Å². The highest BCUT2D eigenvalue weighted by Crippen LogP contribution is 2.20. The first-order chi connectivity index (χ1) is 13.4. The molecule has 0 unspecified atom stereocenters. The Hall–Kier alpha value is -3.04. The summed E-state index contributed by atoms with van der Waals surface area (Å²) in [6.07, 6.45) is 0. The number of aromatic amines is 1. The highest BCUT2D eigenvalue weighted by molar-refractivity contribution is 7.92. The Labute approximate surface area is 166 Å². The second-order valence-corrected chi connectivity index (χ2v) is 7.73. The van der Waals surface area contributed by atoms with E-state index in [0.29, 0.717) is 28.8 Å². The maximum absolute atomic E-state index is 12.5. The van der Waals surface area contributed by atoms with E-state index in [4.69, 9.17) is 16.3 Å². The Kier molecular flexibility index (Phi) is 5.86. The van der Waals surface area contributed by atoms with Crippen molar-refractivity contribution in [3.63, 3.8) is 0 Å². The molecule has 1 amide bonds. The van der Waals surface area contributed by atoms with Gasteiger partial charge in [0, 0.05) is 22.5 Å². The lowest BCUT2D eigenvalue weighted by Gasteiger charge is -2.07. The molecule has 1 heterocycles. The molecule has 0 aliphatic rings. The molecule has 1 aromatic heterocycles. The number of rotatable bonds is 7. The van der Waals surface area contributed by atoms with Gasteiger partial charge in [-0.15, -0.1) is 0 Å². The summed E-state index contributed by atoms with van der Waals surface area (Å²) in [7, 11) is -3.94. The van der Waals surface area contributed by atoms with Crippen LogP contribution in [0.5, 0.6) is 5.75 Å². The standard InChI is InChI=1S/C18H17ClN4O4S/c1-2-27-15-9-7-14(8-10-15)23-28(25,26)17-11-16(21-22-17)18(24)20-13-5-3-12(19)4-6-13/h3-11,23H,2H2,1H3,(H,20,24)(H,21,22). The summed E-state index contributed by atoms with van der Waals surface area (Å²) in [4.78, 5) is 12.2. The molecule has 2 aromatic carbocycles. The summed E-state index contributed by atoms with van der Waals surface area (Å²) in [6, 6.07) is 14.1. The number of nitrogens with one attached hydrogen (secondary N) is 3. The predicted molar refractivity (Wildman–Crippen MR) is 106 cm³/mol. The van der Waals surface area contributed by atoms with Crippen molar-refractivity contribution < 1.29 is 17.9 Å². The van der Waals surface area contributed by atoms with E-state index in [9.17, 15) is 13.2 Å². The lowest BCUT2D eigenvalue weighted by Crippen LogP contribution is -2.13. The van der Waals surface area contributed by atoms with Crippen LogP contribution in [0.2, 0.25) is 5.02 Å². The third-order valence-electron chi connectivity index (χ3n) is 3.60. The first-order valence-corrected chi connectivity index (χ1v) is 10.1. The Morgan fingerprint density at radius 1 is 1.11 bits per heavy atom. The molecule has 3 N–H and O–H groups in total. The second-order valence-electron chi connectivity index (χ2n) is 5.64. The largest absolute Gasteiger partial charge is 0.494 e. The molecule has 0 spiro atoms.